The Kier molecular flexibility index (Phi) is 3.63. The largest absolute Gasteiger partial charge is 0.493 e. The summed E-state index contributed by atoms with van der Waals surface area (Å²) in [5.74, 6) is 0.666. The number of nitro benzene ring substituents is 1. The van der Waals surface area contributed by atoms with Crippen molar-refractivity contribution in [3.63, 3.8) is 0 Å². The summed E-state index contributed by atoms with van der Waals surface area (Å²) in [4.78, 5) is 10.2. The molecule has 0 aliphatic carbocycles. The standard InChI is InChI=1S/C11H14N2O5/c1-17-9-3-2-7(13(15)16)4-10(9)18-11-6-12-5-8(11)14/h2-4,8,11-12,14H,5-6H2,1H3/t8-,11-/m0/s1. The Morgan fingerprint density at radius 1 is 1.44 bits per heavy atom. The van der Waals surface area contributed by atoms with Crippen LogP contribution in [0.4, 0.5) is 5.69 Å². The molecule has 7 heteroatoms. The van der Waals surface area contributed by atoms with Gasteiger partial charge >= 0.3 is 0 Å². The van der Waals surface area contributed by atoms with E-state index in [9.17, 15) is 15.2 Å². The molecule has 1 fully saturated rings. The van der Waals surface area contributed by atoms with E-state index in [1.165, 1.54) is 25.3 Å². The lowest BCUT2D eigenvalue weighted by Crippen LogP contribution is -2.30. The van der Waals surface area contributed by atoms with Crippen molar-refractivity contribution in [1.29, 1.82) is 0 Å². The van der Waals surface area contributed by atoms with Gasteiger partial charge in [-0.25, -0.2) is 0 Å². The number of nitrogens with zero attached hydrogens (tertiary/aromatic N) is 1. The highest BCUT2D eigenvalue weighted by Gasteiger charge is 2.28. The fourth-order valence-corrected chi connectivity index (χ4v) is 1.80. The van der Waals surface area contributed by atoms with E-state index in [1.807, 2.05) is 0 Å². The fourth-order valence-electron chi connectivity index (χ4n) is 1.80. The van der Waals surface area contributed by atoms with Crippen molar-refractivity contribution in [3.05, 3.63) is 28.3 Å². The monoisotopic (exact) mass is 254 g/mol. The Morgan fingerprint density at radius 3 is 2.78 bits per heavy atom. The van der Waals surface area contributed by atoms with E-state index in [0.29, 0.717) is 18.8 Å². The third-order valence-corrected chi connectivity index (χ3v) is 2.76. The molecule has 1 saturated heterocycles. The molecule has 0 aromatic heterocycles. The summed E-state index contributed by atoms with van der Waals surface area (Å²) < 4.78 is 10.6. The van der Waals surface area contributed by atoms with Gasteiger partial charge in [0.15, 0.2) is 11.5 Å². The highest BCUT2D eigenvalue weighted by molar-refractivity contribution is 5.48. The van der Waals surface area contributed by atoms with Gasteiger partial charge in [0.05, 0.1) is 18.1 Å². The zero-order chi connectivity index (χ0) is 13.1. The van der Waals surface area contributed by atoms with E-state index in [1.54, 1.807) is 0 Å². The summed E-state index contributed by atoms with van der Waals surface area (Å²) >= 11 is 0. The SMILES string of the molecule is COc1ccc([N+](=O)[O-])cc1O[C@H]1CNC[C@@H]1O. The van der Waals surface area contributed by atoms with Crippen LogP contribution in [-0.4, -0.2) is 42.4 Å². The number of nitrogens with one attached hydrogen (secondary N) is 1. The van der Waals surface area contributed by atoms with Gasteiger partial charge in [-0.3, -0.25) is 10.1 Å². The van der Waals surface area contributed by atoms with Crippen LogP contribution in [0.3, 0.4) is 0 Å². The highest BCUT2D eigenvalue weighted by Crippen LogP contribution is 2.32. The lowest BCUT2D eigenvalue weighted by atomic mass is 10.2. The predicted octanol–water partition coefficient (Wildman–Crippen LogP) is 0.315. The maximum absolute atomic E-state index is 10.7. The Hall–Kier alpha value is -1.86. The molecule has 0 spiro atoms. The van der Waals surface area contributed by atoms with Gasteiger partial charge in [-0.2, -0.15) is 0 Å². The van der Waals surface area contributed by atoms with Crippen molar-refractivity contribution in [3.8, 4) is 11.5 Å². The minimum absolute atomic E-state index is 0.0776. The maximum Gasteiger partial charge on any atom is 0.273 e. The zero-order valence-electron chi connectivity index (χ0n) is 9.83. The molecule has 1 aromatic rings. The Bertz CT molecular complexity index is 451. The van der Waals surface area contributed by atoms with Gasteiger partial charge in [-0.1, -0.05) is 0 Å². The van der Waals surface area contributed by atoms with Crippen LogP contribution in [-0.2, 0) is 0 Å². The van der Waals surface area contributed by atoms with Crippen molar-refractivity contribution in [1.82, 2.24) is 5.32 Å². The second kappa shape index (κ2) is 5.19. The quantitative estimate of drug-likeness (QED) is 0.593. The van der Waals surface area contributed by atoms with Crippen molar-refractivity contribution in [2.24, 2.45) is 0 Å². The third-order valence-electron chi connectivity index (χ3n) is 2.76. The van der Waals surface area contributed by atoms with Crippen molar-refractivity contribution < 1.29 is 19.5 Å². The van der Waals surface area contributed by atoms with Gasteiger partial charge in [-0.15, -0.1) is 0 Å². The average molecular weight is 254 g/mol. The first kappa shape index (κ1) is 12.6. The summed E-state index contributed by atoms with van der Waals surface area (Å²) in [7, 11) is 1.46. The van der Waals surface area contributed by atoms with Crippen LogP contribution in [0.5, 0.6) is 11.5 Å². The number of hydrogen-bond acceptors (Lipinski definition) is 6. The molecule has 2 rings (SSSR count). The van der Waals surface area contributed by atoms with Crippen LogP contribution in [0.25, 0.3) is 0 Å². The molecule has 7 nitrogen and oxygen atoms in total. The molecule has 0 bridgehead atoms. The van der Waals surface area contributed by atoms with Crippen LogP contribution in [0.15, 0.2) is 18.2 Å². The van der Waals surface area contributed by atoms with E-state index in [-0.39, 0.29) is 11.4 Å². The molecule has 1 aliphatic heterocycles. The number of hydrogen-bond donors (Lipinski definition) is 2. The molecule has 18 heavy (non-hydrogen) atoms. The second-order valence-electron chi connectivity index (χ2n) is 3.97. The van der Waals surface area contributed by atoms with E-state index in [2.05, 4.69) is 5.32 Å². The highest BCUT2D eigenvalue weighted by atomic mass is 16.6. The molecular weight excluding hydrogens is 240 g/mol. The van der Waals surface area contributed by atoms with E-state index in [4.69, 9.17) is 9.47 Å². The first-order valence-electron chi connectivity index (χ1n) is 5.49. The molecule has 2 atom stereocenters. The third kappa shape index (κ3) is 2.52. The number of nitro groups is 1. The molecule has 1 aromatic carbocycles. The van der Waals surface area contributed by atoms with Gasteiger partial charge in [0.25, 0.3) is 5.69 Å². The van der Waals surface area contributed by atoms with E-state index < -0.39 is 17.1 Å². The first-order valence-corrected chi connectivity index (χ1v) is 5.49. The lowest BCUT2D eigenvalue weighted by Gasteiger charge is -2.17. The minimum Gasteiger partial charge on any atom is -0.493 e. The number of methoxy groups -OCH3 is 1. The zero-order valence-corrected chi connectivity index (χ0v) is 9.83. The van der Waals surface area contributed by atoms with Gasteiger partial charge in [-0.05, 0) is 6.07 Å². The number of β-amino-alcohol motifs (C(OH)–C–C–N with tert-alkyl or cyclic N) is 1. The fraction of sp³-hybridized carbons (Fsp3) is 0.455. The average Bonchev–Trinajstić information content (AvgIpc) is 2.75. The lowest BCUT2D eigenvalue weighted by molar-refractivity contribution is -0.385. The molecular formula is C11H14N2O5. The molecule has 0 saturated carbocycles. The normalized spacial score (nSPS) is 22.8. The predicted molar refractivity (Wildman–Crippen MR) is 62.9 cm³/mol. The van der Waals surface area contributed by atoms with E-state index in [0.717, 1.165) is 0 Å². The van der Waals surface area contributed by atoms with Crippen molar-refractivity contribution in [2.45, 2.75) is 12.2 Å². The maximum atomic E-state index is 10.7. The van der Waals surface area contributed by atoms with Gasteiger partial charge in [0.2, 0.25) is 0 Å². The van der Waals surface area contributed by atoms with Crippen molar-refractivity contribution in [2.75, 3.05) is 20.2 Å². The Balaban J connectivity index is 2.23. The van der Waals surface area contributed by atoms with Crippen LogP contribution < -0.4 is 14.8 Å². The summed E-state index contributed by atoms with van der Waals surface area (Å²) in [5.41, 5.74) is -0.0776. The molecule has 0 unspecified atom stereocenters. The Labute approximate surface area is 103 Å². The summed E-state index contributed by atoms with van der Waals surface area (Å²) in [6.45, 7) is 0.939. The smallest absolute Gasteiger partial charge is 0.273 e. The molecule has 2 N–H and O–H groups in total. The number of ether oxygens (including phenoxy) is 2. The van der Waals surface area contributed by atoms with Gasteiger partial charge in [0.1, 0.15) is 12.2 Å². The minimum atomic E-state index is -0.631. The first-order chi connectivity index (χ1) is 8.61. The number of non-ortho nitro benzene ring substituents is 1. The number of aliphatic hydroxyl groups excluding tert-OH is 1. The Morgan fingerprint density at radius 2 is 2.22 bits per heavy atom. The molecule has 1 heterocycles. The summed E-state index contributed by atoms with van der Waals surface area (Å²) in [6.07, 6.45) is -1.06. The molecule has 98 valence electrons. The van der Waals surface area contributed by atoms with Crippen LogP contribution >= 0.6 is 0 Å². The second-order valence-corrected chi connectivity index (χ2v) is 3.97. The van der Waals surface area contributed by atoms with Gasteiger partial charge < -0.3 is 19.9 Å². The van der Waals surface area contributed by atoms with E-state index >= 15 is 0 Å². The molecule has 0 radical (unpaired) electrons. The summed E-state index contributed by atoms with van der Waals surface area (Å²) in [6, 6.07) is 4.11. The number of benzene rings is 1. The van der Waals surface area contributed by atoms with Crippen molar-refractivity contribution >= 4 is 5.69 Å². The van der Waals surface area contributed by atoms with Crippen LogP contribution in [0.1, 0.15) is 0 Å². The van der Waals surface area contributed by atoms with Gasteiger partial charge in [0, 0.05) is 19.2 Å². The molecule has 1 aliphatic rings. The number of rotatable bonds is 4. The van der Waals surface area contributed by atoms with Crippen LogP contribution in [0, 0.1) is 10.1 Å². The summed E-state index contributed by atoms with van der Waals surface area (Å²) in [5, 5.41) is 23.3. The van der Waals surface area contributed by atoms with Crippen LogP contribution in [0.2, 0.25) is 0 Å². The topological polar surface area (TPSA) is 93.9 Å². The molecule has 0 amide bonds. The number of aliphatic hydroxyl groups is 1.